The Morgan fingerprint density at radius 3 is 2.48 bits per heavy atom. The minimum Gasteiger partial charge on any atom is -0.482 e. The average molecular weight is 443 g/mol. The lowest BCUT2D eigenvalue weighted by atomic mass is 10.1. The SMILES string of the molecule is NC(=NCc1ccccc1)c1ccc2oc(C(=O)Nc3ccc(OCC(=O)O)cc3)cc2c1. The Balaban J connectivity index is 1.44. The number of furan rings is 1. The number of ether oxygens (including phenoxy) is 1. The molecule has 8 nitrogen and oxygen atoms in total. The molecule has 0 bridgehead atoms. The van der Waals surface area contributed by atoms with Crippen LogP contribution < -0.4 is 15.8 Å². The second-order valence-electron chi connectivity index (χ2n) is 7.21. The number of aliphatic imine (C=N–C) groups is 1. The van der Waals surface area contributed by atoms with Crippen molar-refractivity contribution in [1.29, 1.82) is 0 Å². The Hall–Kier alpha value is -4.59. The quantitative estimate of drug-likeness (QED) is 0.278. The van der Waals surface area contributed by atoms with Crippen molar-refractivity contribution in [3.05, 3.63) is 95.7 Å². The number of nitrogens with one attached hydrogen (secondary N) is 1. The van der Waals surface area contributed by atoms with E-state index in [2.05, 4.69) is 10.3 Å². The molecule has 0 atom stereocenters. The van der Waals surface area contributed by atoms with Crippen LogP contribution in [0.1, 0.15) is 21.7 Å². The van der Waals surface area contributed by atoms with Crippen LogP contribution in [0.15, 0.2) is 88.3 Å². The second-order valence-corrected chi connectivity index (χ2v) is 7.21. The van der Waals surface area contributed by atoms with Gasteiger partial charge in [-0.2, -0.15) is 0 Å². The van der Waals surface area contributed by atoms with Gasteiger partial charge in [-0.05, 0) is 54.1 Å². The van der Waals surface area contributed by atoms with Gasteiger partial charge in [0.2, 0.25) is 0 Å². The van der Waals surface area contributed by atoms with E-state index in [1.807, 2.05) is 36.4 Å². The molecule has 0 fully saturated rings. The number of carboxylic acids is 1. The van der Waals surface area contributed by atoms with E-state index in [0.29, 0.717) is 29.4 Å². The van der Waals surface area contributed by atoms with Crippen LogP contribution in [0.25, 0.3) is 11.0 Å². The summed E-state index contributed by atoms with van der Waals surface area (Å²) in [6.07, 6.45) is 0. The summed E-state index contributed by atoms with van der Waals surface area (Å²) in [7, 11) is 0. The molecule has 0 saturated carbocycles. The largest absolute Gasteiger partial charge is 0.482 e. The summed E-state index contributed by atoms with van der Waals surface area (Å²) in [6, 6.07) is 23.2. The van der Waals surface area contributed by atoms with Crippen LogP contribution in [0.3, 0.4) is 0 Å². The molecule has 4 N–H and O–H groups in total. The number of carboxylic acid groups (broad SMARTS) is 1. The molecule has 1 amide bonds. The van der Waals surface area contributed by atoms with E-state index in [1.54, 1.807) is 42.5 Å². The fourth-order valence-electron chi connectivity index (χ4n) is 3.14. The van der Waals surface area contributed by atoms with Gasteiger partial charge in [-0.1, -0.05) is 30.3 Å². The molecule has 1 aromatic heterocycles. The summed E-state index contributed by atoms with van der Waals surface area (Å²) in [5, 5.41) is 12.1. The Morgan fingerprint density at radius 2 is 1.76 bits per heavy atom. The minimum absolute atomic E-state index is 0.146. The maximum absolute atomic E-state index is 12.6. The van der Waals surface area contributed by atoms with Gasteiger partial charge in [0.25, 0.3) is 5.91 Å². The number of carbonyl (C=O) groups excluding carboxylic acids is 1. The Morgan fingerprint density at radius 1 is 1.00 bits per heavy atom. The van der Waals surface area contributed by atoms with E-state index >= 15 is 0 Å². The van der Waals surface area contributed by atoms with E-state index in [1.165, 1.54) is 0 Å². The topological polar surface area (TPSA) is 127 Å². The fraction of sp³-hybridized carbons (Fsp3) is 0.0800. The zero-order valence-electron chi connectivity index (χ0n) is 17.5. The average Bonchev–Trinajstić information content (AvgIpc) is 3.26. The number of benzene rings is 3. The van der Waals surface area contributed by atoms with Crippen LogP contribution in [-0.4, -0.2) is 29.4 Å². The molecule has 0 saturated heterocycles. The summed E-state index contributed by atoms with van der Waals surface area (Å²) in [5.41, 5.74) is 9.02. The van der Waals surface area contributed by atoms with Crippen LogP contribution in [0, 0.1) is 0 Å². The molecule has 0 radical (unpaired) electrons. The molecule has 1 heterocycles. The number of aliphatic carboxylic acids is 1. The molecule has 0 unspecified atom stereocenters. The molecule has 33 heavy (non-hydrogen) atoms. The second kappa shape index (κ2) is 9.69. The van der Waals surface area contributed by atoms with E-state index < -0.39 is 18.5 Å². The van der Waals surface area contributed by atoms with Crippen LogP contribution >= 0.6 is 0 Å². The highest BCUT2D eigenvalue weighted by atomic mass is 16.5. The highest BCUT2D eigenvalue weighted by Crippen LogP contribution is 2.23. The Kier molecular flexibility index (Phi) is 6.36. The third-order valence-electron chi connectivity index (χ3n) is 4.79. The monoisotopic (exact) mass is 443 g/mol. The maximum Gasteiger partial charge on any atom is 0.341 e. The smallest absolute Gasteiger partial charge is 0.341 e. The van der Waals surface area contributed by atoms with Crippen molar-refractivity contribution in [3.63, 3.8) is 0 Å². The number of hydrogen-bond acceptors (Lipinski definition) is 5. The fourth-order valence-corrected chi connectivity index (χ4v) is 3.14. The Bertz CT molecular complexity index is 1310. The number of rotatable bonds is 8. The maximum atomic E-state index is 12.6. The van der Waals surface area contributed by atoms with Crippen molar-refractivity contribution in [2.45, 2.75) is 6.54 Å². The number of anilines is 1. The molecule has 166 valence electrons. The molecule has 4 rings (SSSR count). The molecule has 8 heteroatoms. The molecule has 0 aliphatic carbocycles. The summed E-state index contributed by atoms with van der Waals surface area (Å²) >= 11 is 0. The zero-order chi connectivity index (χ0) is 23.2. The number of carbonyl (C=O) groups is 2. The first-order valence-electron chi connectivity index (χ1n) is 10.1. The van der Waals surface area contributed by atoms with Crippen LogP contribution in [0.2, 0.25) is 0 Å². The third kappa shape index (κ3) is 5.56. The summed E-state index contributed by atoms with van der Waals surface area (Å²) in [4.78, 5) is 27.6. The molecular formula is C25H21N3O5. The van der Waals surface area contributed by atoms with Crippen molar-refractivity contribution >= 4 is 34.4 Å². The number of amidine groups is 1. The first kappa shape index (κ1) is 21.6. The van der Waals surface area contributed by atoms with E-state index in [9.17, 15) is 9.59 Å². The van der Waals surface area contributed by atoms with Gasteiger partial charge >= 0.3 is 5.97 Å². The van der Waals surface area contributed by atoms with E-state index in [0.717, 1.165) is 16.5 Å². The van der Waals surface area contributed by atoms with Gasteiger partial charge in [-0.25, -0.2) is 4.79 Å². The molecule has 0 spiro atoms. The van der Waals surface area contributed by atoms with E-state index in [4.69, 9.17) is 20.0 Å². The minimum atomic E-state index is -1.07. The van der Waals surface area contributed by atoms with Crippen LogP contribution in [0.4, 0.5) is 5.69 Å². The van der Waals surface area contributed by atoms with Crippen LogP contribution in [-0.2, 0) is 11.3 Å². The lowest BCUT2D eigenvalue weighted by Crippen LogP contribution is -2.13. The molecule has 0 aliphatic heterocycles. The normalized spacial score (nSPS) is 11.3. The highest BCUT2D eigenvalue weighted by Gasteiger charge is 2.14. The lowest BCUT2D eigenvalue weighted by Gasteiger charge is -2.06. The summed E-state index contributed by atoms with van der Waals surface area (Å²) in [5.74, 6) is -0.549. The first-order valence-corrected chi connectivity index (χ1v) is 10.1. The number of nitrogens with zero attached hydrogens (tertiary/aromatic N) is 1. The van der Waals surface area contributed by atoms with Gasteiger partial charge < -0.3 is 25.3 Å². The predicted molar refractivity (Wildman–Crippen MR) is 125 cm³/mol. The summed E-state index contributed by atoms with van der Waals surface area (Å²) < 4.78 is 10.7. The van der Waals surface area contributed by atoms with Crippen molar-refractivity contribution in [3.8, 4) is 5.75 Å². The van der Waals surface area contributed by atoms with E-state index in [-0.39, 0.29) is 5.76 Å². The van der Waals surface area contributed by atoms with Crippen molar-refractivity contribution < 1.29 is 23.8 Å². The molecule has 3 aromatic carbocycles. The highest BCUT2D eigenvalue weighted by molar-refractivity contribution is 6.06. The summed E-state index contributed by atoms with van der Waals surface area (Å²) in [6.45, 7) is 0.0397. The molecule has 4 aromatic rings. The van der Waals surface area contributed by atoms with Gasteiger partial charge in [-0.15, -0.1) is 0 Å². The standard InChI is InChI=1S/C25H21N3O5/c26-24(27-14-16-4-2-1-3-5-16)17-6-11-21-18(12-17)13-22(33-21)25(31)28-19-7-9-20(10-8-19)32-15-23(29)30/h1-13H,14-15H2,(H2,26,27)(H,28,31)(H,29,30). The third-order valence-corrected chi connectivity index (χ3v) is 4.79. The van der Waals surface area contributed by atoms with Gasteiger partial charge in [0.05, 0.1) is 6.54 Å². The number of fused-ring (bicyclic) bond motifs is 1. The number of hydrogen-bond donors (Lipinski definition) is 3. The van der Waals surface area contributed by atoms with Crippen molar-refractivity contribution in [2.75, 3.05) is 11.9 Å². The zero-order valence-corrected chi connectivity index (χ0v) is 17.5. The van der Waals surface area contributed by atoms with Gasteiger partial charge in [0, 0.05) is 16.6 Å². The molecular weight excluding hydrogens is 422 g/mol. The molecule has 0 aliphatic rings. The van der Waals surface area contributed by atoms with Crippen molar-refractivity contribution in [2.24, 2.45) is 10.7 Å². The predicted octanol–water partition coefficient (Wildman–Crippen LogP) is 4.05. The number of nitrogens with two attached hydrogens (primary N) is 1. The van der Waals surface area contributed by atoms with Gasteiger partial charge in [0.1, 0.15) is 17.2 Å². The van der Waals surface area contributed by atoms with Crippen molar-refractivity contribution in [1.82, 2.24) is 0 Å². The van der Waals surface area contributed by atoms with Gasteiger partial charge in [-0.3, -0.25) is 9.79 Å². The van der Waals surface area contributed by atoms with Crippen LogP contribution in [0.5, 0.6) is 5.75 Å². The lowest BCUT2D eigenvalue weighted by molar-refractivity contribution is -0.139. The van der Waals surface area contributed by atoms with Gasteiger partial charge in [0.15, 0.2) is 12.4 Å². The number of amides is 1. The first-order chi connectivity index (χ1) is 16.0. The Labute approximate surface area is 189 Å².